The van der Waals surface area contributed by atoms with Gasteiger partial charge in [-0.25, -0.2) is 9.37 Å². The number of carbonyl (C=O) groups excluding carboxylic acids is 2. The first-order valence-electron chi connectivity index (χ1n) is 17.4. The molecule has 2 aliphatic heterocycles. The maximum atomic E-state index is 15.7. The van der Waals surface area contributed by atoms with Gasteiger partial charge in [0.2, 0.25) is 0 Å². The van der Waals surface area contributed by atoms with Gasteiger partial charge in [0, 0.05) is 62.4 Å². The molecular formula is C41H40ClFN6O5. The summed E-state index contributed by atoms with van der Waals surface area (Å²) in [5.74, 6) is -1.25. The lowest BCUT2D eigenvalue weighted by Crippen LogP contribution is -2.52. The van der Waals surface area contributed by atoms with Crippen LogP contribution >= 0.6 is 12.4 Å². The van der Waals surface area contributed by atoms with Gasteiger partial charge in [-0.3, -0.25) is 19.4 Å². The third kappa shape index (κ3) is 7.39. The fraction of sp³-hybridized carbons (Fsp3) is 0.268. The molecule has 1 atom stereocenters. The Balaban J connectivity index is 0.00000497. The van der Waals surface area contributed by atoms with Crippen LogP contribution in [0.4, 0.5) is 15.9 Å². The van der Waals surface area contributed by atoms with E-state index in [1.165, 1.54) is 60.2 Å². The van der Waals surface area contributed by atoms with Crippen molar-refractivity contribution in [3.8, 4) is 28.8 Å². The van der Waals surface area contributed by atoms with E-state index in [-0.39, 0.29) is 52.8 Å². The molecule has 4 heterocycles. The number of hydrogen-bond acceptors (Lipinski definition) is 8. The number of hydrogen-bond donors (Lipinski definition) is 1. The quantitative estimate of drug-likeness (QED) is 0.193. The smallest absolute Gasteiger partial charge is 0.265 e. The van der Waals surface area contributed by atoms with Crippen LogP contribution in [0.1, 0.15) is 43.1 Å². The van der Waals surface area contributed by atoms with Crippen LogP contribution in [0.5, 0.6) is 11.5 Å². The van der Waals surface area contributed by atoms with Crippen LogP contribution < -0.4 is 9.64 Å². The predicted octanol–water partition coefficient (Wildman–Crippen LogP) is 6.42. The first kappa shape index (κ1) is 38.0. The Kier molecular flexibility index (Phi) is 11.3. The third-order valence-electron chi connectivity index (χ3n) is 10.2. The minimum absolute atomic E-state index is 0. The molecule has 13 heteroatoms. The maximum absolute atomic E-state index is 15.7. The molecule has 5 aromatic rings. The fourth-order valence-corrected chi connectivity index (χ4v) is 7.18. The Morgan fingerprint density at radius 3 is 2.46 bits per heavy atom. The Bertz CT molecular complexity index is 2230. The highest BCUT2D eigenvalue weighted by Gasteiger charge is 2.35. The van der Waals surface area contributed by atoms with Gasteiger partial charge in [-0.05, 0) is 79.1 Å². The average molecular weight is 751 g/mol. The number of rotatable bonds is 8. The van der Waals surface area contributed by atoms with Gasteiger partial charge in [-0.15, -0.1) is 12.4 Å². The van der Waals surface area contributed by atoms with E-state index in [1.54, 1.807) is 36.7 Å². The number of methoxy groups -OCH3 is 1. The van der Waals surface area contributed by atoms with Crippen molar-refractivity contribution < 1.29 is 28.6 Å². The number of nitrogens with zero attached hydrogens (tertiary/aromatic N) is 6. The topological polar surface area (TPSA) is 124 Å². The summed E-state index contributed by atoms with van der Waals surface area (Å²) in [6.07, 6.45) is 2.12. The normalized spacial score (nSPS) is 15.5. The number of aromatic nitrogens is 2. The predicted molar refractivity (Wildman–Crippen MR) is 204 cm³/mol. The van der Waals surface area contributed by atoms with Crippen molar-refractivity contribution in [2.45, 2.75) is 25.9 Å². The second kappa shape index (κ2) is 16.1. The molecule has 0 saturated carbocycles. The van der Waals surface area contributed by atoms with E-state index in [4.69, 9.17) is 9.47 Å². The molecule has 1 saturated heterocycles. The van der Waals surface area contributed by atoms with Gasteiger partial charge in [0.15, 0.2) is 11.6 Å². The molecular weight excluding hydrogens is 711 g/mol. The lowest BCUT2D eigenvalue weighted by Gasteiger charge is -2.40. The van der Waals surface area contributed by atoms with E-state index in [0.29, 0.717) is 60.9 Å². The Morgan fingerprint density at radius 1 is 1.04 bits per heavy atom. The van der Waals surface area contributed by atoms with Gasteiger partial charge in [-0.1, -0.05) is 24.3 Å². The molecule has 1 N–H and O–H groups in total. The molecule has 11 nitrogen and oxygen atoms in total. The van der Waals surface area contributed by atoms with Crippen molar-refractivity contribution in [1.82, 2.24) is 19.4 Å². The van der Waals surface area contributed by atoms with Crippen LogP contribution in [0.2, 0.25) is 0 Å². The number of pyridine rings is 1. The Hall–Kier alpha value is -5.74. The monoisotopic (exact) mass is 750 g/mol. The third-order valence-corrected chi connectivity index (χ3v) is 10.2. The lowest BCUT2D eigenvalue weighted by molar-refractivity contribution is 0.0193. The number of phenolic OH excluding ortho intramolecular Hbond substituents is 1. The summed E-state index contributed by atoms with van der Waals surface area (Å²) in [4.78, 5) is 39.4. The lowest BCUT2D eigenvalue weighted by atomic mass is 9.92. The van der Waals surface area contributed by atoms with Crippen LogP contribution in [0.15, 0.2) is 85.1 Å². The SMILES string of the molecule is COc1cc(C(=O)N2Cc3ccccc3C[C@H]2CN2CCOCC2)c(-c2cc(C(=O)N(c3ccc(O)cc3)c3cc(C#N)ccn3)c(C)n2C)cc1F.Cl. The fourth-order valence-electron chi connectivity index (χ4n) is 7.18. The van der Waals surface area contributed by atoms with Gasteiger partial charge >= 0.3 is 0 Å². The van der Waals surface area contributed by atoms with Crippen LogP contribution in [0, 0.1) is 24.1 Å². The summed E-state index contributed by atoms with van der Waals surface area (Å²) in [6, 6.07) is 23.5. The number of anilines is 2. The second-order valence-electron chi connectivity index (χ2n) is 13.3. The molecule has 54 heavy (non-hydrogen) atoms. The van der Waals surface area contributed by atoms with Crippen molar-refractivity contribution in [2.24, 2.45) is 7.05 Å². The minimum Gasteiger partial charge on any atom is -0.508 e. The summed E-state index contributed by atoms with van der Waals surface area (Å²) in [6.45, 7) is 5.62. The number of fused-ring (bicyclic) bond motifs is 1. The molecule has 0 aliphatic carbocycles. The van der Waals surface area contributed by atoms with Gasteiger partial charge in [-0.2, -0.15) is 5.26 Å². The standard InChI is InChI=1S/C41H39FN6O5.ClH/c1-26-33(41(51)48(30-8-10-32(49)11-9-30)39-18-27(23-43)12-13-44-39)21-37(45(26)2)34-20-36(42)38(52-3)22-35(34)40(50)47-24-29-7-5-4-6-28(29)19-31(47)25-46-14-16-53-17-15-46;/h4-13,18,20-22,31,49H,14-17,19,24-25H2,1-3H3;1H/t31-;/m0./s1. The van der Waals surface area contributed by atoms with Crippen molar-refractivity contribution in [3.63, 3.8) is 0 Å². The summed E-state index contributed by atoms with van der Waals surface area (Å²) < 4.78 is 28.4. The van der Waals surface area contributed by atoms with Crippen LogP contribution in [-0.4, -0.2) is 82.3 Å². The van der Waals surface area contributed by atoms with Crippen LogP contribution in [-0.2, 0) is 24.8 Å². The molecule has 2 amide bonds. The number of morpholine rings is 1. The molecule has 7 rings (SSSR count). The average Bonchev–Trinajstić information content (AvgIpc) is 3.48. The van der Waals surface area contributed by atoms with Crippen molar-refractivity contribution in [2.75, 3.05) is 44.9 Å². The zero-order valence-electron chi connectivity index (χ0n) is 30.2. The Morgan fingerprint density at radius 2 is 1.76 bits per heavy atom. The number of carbonyl (C=O) groups is 2. The summed E-state index contributed by atoms with van der Waals surface area (Å²) in [5.41, 5.74) is 4.78. The molecule has 2 aromatic heterocycles. The molecule has 0 radical (unpaired) electrons. The summed E-state index contributed by atoms with van der Waals surface area (Å²) in [7, 11) is 3.12. The number of ether oxygens (including phenoxy) is 2. The van der Waals surface area contributed by atoms with Crippen LogP contribution in [0.25, 0.3) is 11.3 Å². The molecule has 0 unspecified atom stereocenters. The number of amides is 2. The zero-order chi connectivity index (χ0) is 37.2. The van der Waals surface area contributed by atoms with Gasteiger partial charge < -0.3 is 24.0 Å². The van der Waals surface area contributed by atoms with E-state index in [9.17, 15) is 20.0 Å². The Labute approximate surface area is 319 Å². The van der Waals surface area contributed by atoms with Gasteiger partial charge in [0.25, 0.3) is 11.8 Å². The minimum atomic E-state index is -0.650. The van der Waals surface area contributed by atoms with Crippen molar-refractivity contribution in [3.05, 3.63) is 124 Å². The van der Waals surface area contributed by atoms with E-state index < -0.39 is 11.7 Å². The summed E-state index contributed by atoms with van der Waals surface area (Å²) >= 11 is 0. The highest BCUT2D eigenvalue weighted by Crippen LogP contribution is 2.37. The first-order chi connectivity index (χ1) is 25.7. The largest absolute Gasteiger partial charge is 0.508 e. The summed E-state index contributed by atoms with van der Waals surface area (Å²) in [5, 5.41) is 19.6. The number of phenols is 1. The van der Waals surface area contributed by atoms with Gasteiger partial charge in [0.1, 0.15) is 11.6 Å². The van der Waals surface area contributed by atoms with E-state index in [1.807, 2.05) is 23.1 Å². The molecule has 1 fully saturated rings. The highest BCUT2D eigenvalue weighted by atomic mass is 35.5. The van der Waals surface area contributed by atoms with E-state index >= 15 is 4.39 Å². The number of halogens is 2. The molecule has 2 aliphatic rings. The highest BCUT2D eigenvalue weighted by molar-refractivity contribution is 6.12. The number of aromatic hydroxyl groups is 1. The maximum Gasteiger partial charge on any atom is 0.265 e. The van der Waals surface area contributed by atoms with Crippen molar-refractivity contribution in [1.29, 1.82) is 5.26 Å². The molecule has 278 valence electrons. The zero-order valence-corrected chi connectivity index (χ0v) is 31.0. The van der Waals surface area contributed by atoms with E-state index in [0.717, 1.165) is 18.7 Å². The van der Waals surface area contributed by atoms with Gasteiger partial charge in [0.05, 0.1) is 48.8 Å². The first-order valence-corrected chi connectivity index (χ1v) is 17.4. The molecule has 0 spiro atoms. The number of nitriles is 1. The molecule has 0 bridgehead atoms. The van der Waals surface area contributed by atoms with Crippen molar-refractivity contribution >= 4 is 35.7 Å². The molecule has 3 aromatic carbocycles. The second-order valence-corrected chi connectivity index (χ2v) is 13.3. The number of benzene rings is 3. The van der Waals surface area contributed by atoms with Crippen LogP contribution in [0.3, 0.4) is 0 Å². The van der Waals surface area contributed by atoms with E-state index in [2.05, 4.69) is 22.0 Å².